The van der Waals surface area contributed by atoms with Gasteiger partial charge in [0.05, 0.1) is 16.1 Å². The van der Waals surface area contributed by atoms with Crippen LogP contribution in [-0.4, -0.2) is 40.7 Å². The van der Waals surface area contributed by atoms with Gasteiger partial charge in [-0.1, -0.05) is 29.8 Å². The summed E-state index contributed by atoms with van der Waals surface area (Å²) in [6, 6.07) is 12.4. The molecule has 0 unspecified atom stereocenters. The third-order valence-corrected chi connectivity index (χ3v) is 5.71. The van der Waals surface area contributed by atoms with Crippen molar-refractivity contribution < 1.29 is 4.79 Å². The first-order chi connectivity index (χ1) is 13.1. The molecule has 1 aromatic heterocycles. The first kappa shape index (κ1) is 17.9. The largest absolute Gasteiger partial charge is 0.369 e. The maximum absolute atomic E-state index is 12.7. The Kier molecular flexibility index (Phi) is 5.05. The molecule has 8 heteroatoms. The van der Waals surface area contributed by atoms with E-state index in [-0.39, 0.29) is 11.3 Å². The fraction of sp³-hybridized carbons (Fsp3) is 0.211. The molecular weight excluding hydrogens is 384 g/mol. The van der Waals surface area contributed by atoms with E-state index in [0.717, 1.165) is 30.3 Å². The fourth-order valence-electron chi connectivity index (χ4n) is 3.12. The smallest absolute Gasteiger partial charge is 0.276 e. The summed E-state index contributed by atoms with van der Waals surface area (Å²) in [7, 11) is 0. The zero-order valence-electron chi connectivity index (χ0n) is 14.4. The van der Waals surface area contributed by atoms with Gasteiger partial charge in [0, 0.05) is 35.7 Å². The highest BCUT2D eigenvalue weighted by Crippen LogP contribution is 2.30. The molecule has 0 saturated carbocycles. The van der Waals surface area contributed by atoms with E-state index in [0.29, 0.717) is 21.5 Å². The first-order valence-corrected chi connectivity index (χ1v) is 10.1. The van der Waals surface area contributed by atoms with Crippen molar-refractivity contribution in [2.75, 3.05) is 34.8 Å². The van der Waals surface area contributed by atoms with Gasteiger partial charge >= 0.3 is 0 Å². The molecule has 4 rings (SSSR count). The predicted octanol–water partition coefficient (Wildman–Crippen LogP) is 3.38. The van der Waals surface area contributed by atoms with E-state index in [1.807, 2.05) is 23.9 Å². The zero-order chi connectivity index (χ0) is 18.8. The molecule has 0 bridgehead atoms. The second kappa shape index (κ2) is 7.62. The van der Waals surface area contributed by atoms with Gasteiger partial charge in [-0.15, -0.1) is 0 Å². The first-order valence-electron chi connectivity index (χ1n) is 8.54. The summed E-state index contributed by atoms with van der Waals surface area (Å²) in [6.45, 7) is 1.92. The molecule has 0 aliphatic carbocycles. The van der Waals surface area contributed by atoms with Crippen molar-refractivity contribution in [1.29, 1.82) is 0 Å². The third-order valence-electron chi connectivity index (χ3n) is 4.47. The molecule has 0 radical (unpaired) electrons. The van der Waals surface area contributed by atoms with E-state index in [9.17, 15) is 9.59 Å². The van der Waals surface area contributed by atoms with Crippen LogP contribution >= 0.6 is 23.4 Å². The molecule has 1 saturated heterocycles. The average molecular weight is 401 g/mol. The van der Waals surface area contributed by atoms with E-state index >= 15 is 0 Å². The fourth-order valence-corrected chi connectivity index (χ4v) is 4.33. The van der Waals surface area contributed by atoms with Crippen LogP contribution in [0.3, 0.4) is 0 Å². The Bertz CT molecular complexity index is 1060. The van der Waals surface area contributed by atoms with Gasteiger partial charge in [-0.25, -0.2) is 5.10 Å². The van der Waals surface area contributed by atoms with E-state index < -0.39 is 5.91 Å². The number of aromatic nitrogens is 2. The van der Waals surface area contributed by atoms with Gasteiger partial charge in [-0.3, -0.25) is 9.59 Å². The topological polar surface area (TPSA) is 78.1 Å². The SMILES string of the molecule is O=C(Nc1ccc(N2CCSCC2)c(Cl)c1)c1n[nH]c(=O)c2ccccc12. The quantitative estimate of drug-likeness (QED) is 0.704. The number of H-pyrrole nitrogens is 1. The summed E-state index contributed by atoms with van der Waals surface area (Å²) in [5.74, 6) is 1.76. The Labute approximate surface area is 164 Å². The van der Waals surface area contributed by atoms with E-state index in [1.54, 1.807) is 30.3 Å². The van der Waals surface area contributed by atoms with Crippen LogP contribution in [0.15, 0.2) is 47.3 Å². The number of hydrogen-bond donors (Lipinski definition) is 2. The van der Waals surface area contributed by atoms with Gasteiger partial charge < -0.3 is 10.2 Å². The number of aromatic amines is 1. The lowest BCUT2D eigenvalue weighted by atomic mass is 10.1. The van der Waals surface area contributed by atoms with Crippen molar-refractivity contribution in [3.63, 3.8) is 0 Å². The number of nitrogens with zero attached hydrogens (tertiary/aromatic N) is 2. The van der Waals surface area contributed by atoms with Crippen LogP contribution in [0.1, 0.15) is 10.5 Å². The van der Waals surface area contributed by atoms with E-state index in [4.69, 9.17) is 11.6 Å². The molecule has 3 aromatic rings. The molecule has 138 valence electrons. The molecule has 27 heavy (non-hydrogen) atoms. The molecule has 0 spiro atoms. The summed E-state index contributed by atoms with van der Waals surface area (Å²) in [6.07, 6.45) is 0. The minimum Gasteiger partial charge on any atom is -0.369 e. The standard InChI is InChI=1S/C19H17ClN4O2S/c20-15-11-12(5-6-16(15)24-7-9-27-10-8-24)21-19(26)17-13-3-1-2-4-14(13)18(25)23-22-17/h1-6,11H,7-10H2,(H,21,26)(H,23,25). The maximum Gasteiger partial charge on any atom is 0.276 e. The van der Waals surface area contributed by atoms with Crippen molar-refractivity contribution in [2.24, 2.45) is 0 Å². The molecule has 1 fully saturated rings. The number of carbonyl (C=O) groups excluding carboxylic acids is 1. The molecule has 2 N–H and O–H groups in total. The third kappa shape index (κ3) is 3.65. The number of amides is 1. The highest BCUT2D eigenvalue weighted by Gasteiger charge is 2.17. The van der Waals surface area contributed by atoms with Gasteiger partial charge in [-0.2, -0.15) is 16.9 Å². The number of halogens is 1. The lowest BCUT2D eigenvalue weighted by Crippen LogP contribution is -2.32. The lowest BCUT2D eigenvalue weighted by molar-refractivity contribution is 0.102. The number of thioether (sulfide) groups is 1. The number of nitrogens with one attached hydrogen (secondary N) is 2. The summed E-state index contributed by atoms with van der Waals surface area (Å²) in [5, 5.41) is 10.6. The van der Waals surface area contributed by atoms with Gasteiger partial charge in [0.2, 0.25) is 0 Å². The van der Waals surface area contributed by atoms with Gasteiger partial charge in [0.15, 0.2) is 5.69 Å². The number of carbonyl (C=O) groups is 1. The summed E-state index contributed by atoms with van der Waals surface area (Å²) in [4.78, 5) is 26.8. The Hall–Kier alpha value is -2.51. The molecule has 6 nitrogen and oxygen atoms in total. The Morgan fingerprint density at radius 3 is 2.63 bits per heavy atom. The van der Waals surface area contributed by atoms with Gasteiger partial charge in [0.25, 0.3) is 11.5 Å². The summed E-state index contributed by atoms with van der Waals surface area (Å²) in [5.41, 5.74) is 1.40. The highest BCUT2D eigenvalue weighted by atomic mass is 35.5. The normalized spacial score (nSPS) is 14.3. The number of anilines is 2. The van der Waals surface area contributed by atoms with E-state index in [1.165, 1.54) is 0 Å². The van der Waals surface area contributed by atoms with Crippen molar-refractivity contribution >= 4 is 51.4 Å². The Balaban J connectivity index is 1.59. The van der Waals surface area contributed by atoms with Crippen LogP contribution in [0.2, 0.25) is 5.02 Å². The van der Waals surface area contributed by atoms with Crippen LogP contribution in [0.5, 0.6) is 0 Å². The van der Waals surface area contributed by atoms with Crippen LogP contribution < -0.4 is 15.8 Å². The van der Waals surface area contributed by atoms with Crippen molar-refractivity contribution in [3.05, 3.63) is 63.5 Å². The number of benzene rings is 2. The molecule has 1 aliphatic rings. The Morgan fingerprint density at radius 2 is 1.89 bits per heavy atom. The predicted molar refractivity (Wildman–Crippen MR) is 111 cm³/mol. The van der Waals surface area contributed by atoms with E-state index in [2.05, 4.69) is 20.4 Å². The Morgan fingerprint density at radius 1 is 1.15 bits per heavy atom. The zero-order valence-corrected chi connectivity index (χ0v) is 15.9. The summed E-state index contributed by atoms with van der Waals surface area (Å²) >= 11 is 8.38. The highest BCUT2D eigenvalue weighted by molar-refractivity contribution is 7.99. The van der Waals surface area contributed by atoms with Gasteiger partial charge in [0.1, 0.15) is 0 Å². The maximum atomic E-state index is 12.7. The van der Waals surface area contributed by atoms with Crippen molar-refractivity contribution in [2.45, 2.75) is 0 Å². The van der Waals surface area contributed by atoms with Crippen LogP contribution in [0.25, 0.3) is 10.8 Å². The number of fused-ring (bicyclic) bond motifs is 1. The van der Waals surface area contributed by atoms with Crippen molar-refractivity contribution in [1.82, 2.24) is 10.2 Å². The molecular formula is C19H17ClN4O2S. The lowest BCUT2D eigenvalue weighted by Gasteiger charge is -2.29. The van der Waals surface area contributed by atoms with Gasteiger partial charge in [-0.05, 0) is 24.3 Å². The molecule has 2 aromatic carbocycles. The number of rotatable bonds is 3. The molecule has 1 amide bonds. The minimum atomic E-state index is -0.402. The van der Waals surface area contributed by atoms with Crippen LogP contribution in [0, 0.1) is 0 Å². The average Bonchev–Trinajstić information content (AvgIpc) is 2.69. The van der Waals surface area contributed by atoms with Crippen LogP contribution in [-0.2, 0) is 0 Å². The molecule has 2 heterocycles. The number of hydrogen-bond acceptors (Lipinski definition) is 5. The van der Waals surface area contributed by atoms with Crippen LogP contribution in [0.4, 0.5) is 11.4 Å². The second-order valence-electron chi connectivity index (χ2n) is 6.17. The second-order valence-corrected chi connectivity index (χ2v) is 7.80. The molecule has 1 aliphatic heterocycles. The minimum absolute atomic E-state index is 0.165. The summed E-state index contributed by atoms with van der Waals surface area (Å²) < 4.78 is 0. The molecule has 0 atom stereocenters. The monoisotopic (exact) mass is 400 g/mol. The van der Waals surface area contributed by atoms with Crippen molar-refractivity contribution in [3.8, 4) is 0 Å².